The van der Waals surface area contributed by atoms with E-state index in [9.17, 15) is 0 Å². The fourth-order valence-corrected chi connectivity index (χ4v) is 4.84. The number of hydrogen-bond acceptors (Lipinski definition) is 3. The Labute approximate surface area is 183 Å². The molecule has 3 aromatic rings. The Morgan fingerprint density at radius 1 is 1.00 bits per heavy atom. The number of rotatable bonds is 4. The molecule has 5 heteroatoms. The molecule has 0 radical (unpaired) electrons. The summed E-state index contributed by atoms with van der Waals surface area (Å²) in [4.78, 5) is 0. The lowest BCUT2D eigenvalue weighted by Gasteiger charge is -2.45. The minimum atomic E-state index is -0.193. The highest BCUT2D eigenvalue weighted by atomic mass is 35.5. The van der Waals surface area contributed by atoms with Crippen LogP contribution in [-0.2, 0) is 4.74 Å². The summed E-state index contributed by atoms with van der Waals surface area (Å²) in [6.45, 7) is 8.66. The van der Waals surface area contributed by atoms with Crippen molar-refractivity contribution in [1.82, 2.24) is 9.78 Å². The fraction of sp³-hybridized carbons (Fsp3) is 0.400. The highest BCUT2D eigenvalue weighted by molar-refractivity contribution is 6.30. The molecule has 4 rings (SSSR count). The van der Waals surface area contributed by atoms with Crippen LogP contribution >= 0.6 is 11.6 Å². The number of para-hydroxylation sites is 2. The van der Waals surface area contributed by atoms with Crippen LogP contribution in [0.4, 0.5) is 0 Å². The largest absolute Gasteiger partial charge is 0.494 e. The number of halogens is 1. The summed E-state index contributed by atoms with van der Waals surface area (Å²) in [6, 6.07) is 18.1. The van der Waals surface area contributed by atoms with Gasteiger partial charge in [-0.1, -0.05) is 35.9 Å². The quantitative estimate of drug-likeness (QED) is 0.470. The van der Waals surface area contributed by atoms with Crippen LogP contribution in [0.3, 0.4) is 0 Å². The van der Waals surface area contributed by atoms with Gasteiger partial charge in [-0.15, -0.1) is 0 Å². The molecule has 1 aliphatic rings. The molecule has 4 nitrogen and oxygen atoms in total. The van der Waals surface area contributed by atoms with Crippen molar-refractivity contribution in [3.05, 3.63) is 65.3 Å². The van der Waals surface area contributed by atoms with Gasteiger partial charge in [0.25, 0.3) is 0 Å². The standard InChI is InChI=1S/C25H29ClN2O2/c1-24(2)15-18(16-25(3,4)30-24)20-14-22(17-10-12-19(26)13-11-17)28(27-20)21-8-6-7-9-23(21)29-5/h6-14,18H,15-16H2,1-5H3. The van der Waals surface area contributed by atoms with Crippen molar-refractivity contribution in [2.24, 2.45) is 0 Å². The predicted molar refractivity (Wildman–Crippen MR) is 122 cm³/mol. The predicted octanol–water partition coefficient (Wildman–Crippen LogP) is 6.65. The lowest BCUT2D eigenvalue weighted by Crippen LogP contribution is -2.44. The minimum Gasteiger partial charge on any atom is -0.494 e. The molecule has 30 heavy (non-hydrogen) atoms. The fourth-order valence-electron chi connectivity index (χ4n) is 4.71. The highest BCUT2D eigenvalue weighted by Gasteiger charge is 2.41. The number of nitrogens with zero attached hydrogens (tertiary/aromatic N) is 2. The zero-order valence-corrected chi connectivity index (χ0v) is 19.0. The number of benzene rings is 2. The summed E-state index contributed by atoms with van der Waals surface area (Å²) in [5.41, 5.74) is 3.70. The second-order valence-electron chi connectivity index (χ2n) is 9.27. The summed E-state index contributed by atoms with van der Waals surface area (Å²) in [5, 5.41) is 5.81. The zero-order chi connectivity index (χ0) is 21.5. The molecule has 158 valence electrons. The maximum Gasteiger partial charge on any atom is 0.144 e. The Hall–Kier alpha value is -2.30. The van der Waals surface area contributed by atoms with E-state index in [0.717, 1.165) is 46.3 Å². The van der Waals surface area contributed by atoms with Crippen LogP contribution in [0.2, 0.25) is 5.02 Å². The normalized spacial score (nSPS) is 18.3. The van der Waals surface area contributed by atoms with Gasteiger partial charge in [0, 0.05) is 16.5 Å². The summed E-state index contributed by atoms with van der Waals surface area (Å²) < 4.78 is 13.9. The topological polar surface area (TPSA) is 36.3 Å². The van der Waals surface area contributed by atoms with Crippen LogP contribution < -0.4 is 4.74 Å². The molecule has 2 aromatic carbocycles. The first-order chi connectivity index (χ1) is 14.2. The summed E-state index contributed by atoms with van der Waals surface area (Å²) in [6.07, 6.45) is 1.86. The van der Waals surface area contributed by atoms with Crippen molar-refractivity contribution >= 4 is 11.6 Å². The number of methoxy groups -OCH3 is 1. The van der Waals surface area contributed by atoms with Gasteiger partial charge in [0.2, 0.25) is 0 Å². The molecule has 2 heterocycles. The maximum absolute atomic E-state index is 6.30. The van der Waals surface area contributed by atoms with Crippen molar-refractivity contribution in [2.75, 3.05) is 7.11 Å². The number of ether oxygens (including phenoxy) is 2. The van der Waals surface area contributed by atoms with Crippen LogP contribution in [-0.4, -0.2) is 28.1 Å². The van der Waals surface area contributed by atoms with Gasteiger partial charge in [-0.05, 0) is 70.9 Å². The number of hydrogen-bond donors (Lipinski definition) is 0. The van der Waals surface area contributed by atoms with Crippen LogP contribution in [0.1, 0.15) is 52.1 Å². The Kier molecular flexibility index (Phi) is 5.41. The van der Waals surface area contributed by atoms with E-state index < -0.39 is 0 Å². The van der Waals surface area contributed by atoms with E-state index in [1.54, 1.807) is 7.11 Å². The zero-order valence-electron chi connectivity index (χ0n) is 18.3. The van der Waals surface area contributed by atoms with Crippen LogP contribution in [0, 0.1) is 0 Å². The van der Waals surface area contributed by atoms with Crippen LogP contribution in [0.15, 0.2) is 54.6 Å². The summed E-state index contributed by atoms with van der Waals surface area (Å²) in [5.74, 6) is 1.10. The van der Waals surface area contributed by atoms with Crippen molar-refractivity contribution < 1.29 is 9.47 Å². The minimum absolute atomic E-state index is 0.193. The first-order valence-corrected chi connectivity index (χ1v) is 10.7. The van der Waals surface area contributed by atoms with Gasteiger partial charge >= 0.3 is 0 Å². The molecular formula is C25H29ClN2O2. The van der Waals surface area contributed by atoms with Gasteiger partial charge in [-0.2, -0.15) is 5.10 Å². The monoisotopic (exact) mass is 424 g/mol. The molecule has 1 aromatic heterocycles. The highest BCUT2D eigenvalue weighted by Crippen LogP contribution is 2.44. The Morgan fingerprint density at radius 3 is 2.27 bits per heavy atom. The smallest absolute Gasteiger partial charge is 0.144 e. The average Bonchev–Trinajstić information content (AvgIpc) is 3.11. The molecule has 1 fully saturated rings. The van der Waals surface area contributed by atoms with Crippen LogP contribution in [0.25, 0.3) is 16.9 Å². The third-order valence-corrected chi connectivity index (χ3v) is 5.88. The Morgan fingerprint density at radius 2 is 1.63 bits per heavy atom. The van der Waals surface area contributed by atoms with Gasteiger partial charge in [-0.3, -0.25) is 0 Å². The van der Waals surface area contributed by atoms with E-state index >= 15 is 0 Å². The summed E-state index contributed by atoms with van der Waals surface area (Å²) >= 11 is 6.14. The lowest BCUT2D eigenvalue weighted by molar-refractivity contribution is -0.162. The third kappa shape index (κ3) is 4.26. The molecule has 0 spiro atoms. The van der Waals surface area contributed by atoms with Crippen molar-refractivity contribution in [3.63, 3.8) is 0 Å². The second-order valence-corrected chi connectivity index (χ2v) is 9.71. The van der Waals surface area contributed by atoms with Gasteiger partial charge in [0.05, 0.1) is 29.7 Å². The van der Waals surface area contributed by atoms with Crippen molar-refractivity contribution in [3.8, 4) is 22.7 Å². The van der Waals surface area contributed by atoms with Crippen molar-refractivity contribution in [1.29, 1.82) is 0 Å². The first-order valence-electron chi connectivity index (χ1n) is 10.4. The van der Waals surface area contributed by atoms with Gasteiger partial charge in [-0.25, -0.2) is 4.68 Å². The van der Waals surface area contributed by atoms with E-state index in [1.165, 1.54) is 0 Å². The van der Waals surface area contributed by atoms with E-state index in [4.69, 9.17) is 26.2 Å². The molecule has 0 saturated carbocycles. The molecule has 1 aliphatic heterocycles. The summed E-state index contributed by atoms with van der Waals surface area (Å²) in [7, 11) is 1.69. The second kappa shape index (κ2) is 7.75. The molecule has 0 N–H and O–H groups in total. The third-order valence-electron chi connectivity index (χ3n) is 5.63. The average molecular weight is 425 g/mol. The molecule has 1 saturated heterocycles. The Balaban J connectivity index is 1.85. The van der Waals surface area contributed by atoms with Crippen LogP contribution in [0.5, 0.6) is 5.75 Å². The number of aromatic nitrogens is 2. The molecular weight excluding hydrogens is 396 g/mol. The van der Waals surface area contributed by atoms with E-state index in [-0.39, 0.29) is 11.2 Å². The molecule has 0 unspecified atom stereocenters. The van der Waals surface area contributed by atoms with Gasteiger partial charge < -0.3 is 9.47 Å². The molecule has 0 atom stereocenters. The van der Waals surface area contributed by atoms with Gasteiger partial charge in [0.15, 0.2) is 0 Å². The van der Waals surface area contributed by atoms with Gasteiger partial charge in [0.1, 0.15) is 11.4 Å². The first kappa shape index (κ1) is 21.0. The molecule has 0 bridgehead atoms. The molecule has 0 aliphatic carbocycles. The maximum atomic E-state index is 6.30. The van der Waals surface area contributed by atoms with E-state index in [1.807, 2.05) is 53.2 Å². The van der Waals surface area contributed by atoms with Crippen molar-refractivity contribution in [2.45, 2.75) is 57.7 Å². The SMILES string of the molecule is COc1ccccc1-n1nc(C2CC(C)(C)OC(C)(C)C2)cc1-c1ccc(Cl)cc1. The molecule has 0 amide bonds. The van der Waals surface area contributed by atoms with E-state index in [0.29, 0.717) is 5.92 Å². The lowest BCUT2D eigenvalue weighted by atomic mass is 9.79. The Bertz CT molecular complexity index is 1020. The van der Waals surface area contributed by atoms with E-state index in [2.05, 4.69) is 33.8 Å².